The van der Waals surface area contributed by atoms with Gasteiger partial charge in [-0.2, -0.15) is 0 Å². The lowest BCUT2D eigenvalue weighted by Crippen LogP contribution is -2.46. The quantitative estimate of drug-likeness (QED) is 0.706. The molecule has 1 aliphatic heterocycles. The zero-order valence-electron chi connectivity index (χ0n) is 14.2. The maximum absolute atomic E-state index is 12.7. The van der Waals surface area contributed by atoms with Crippen LogP contribution in [0.5, 0.6) is 5.75 Å². The largest absolute Gasteiger partial charge is 0.497 e. The predicted molar refractivity (Wildman–Crippen MR) is 103 cm³/mol. The molecule has 0 spiro atoms. The molecule has 0 radical (unpaired) electrons. The number of thiazole rings is 1. The van der Waals surface area contributed by atoms with Gasteiger partial charge >= 0.3 is 0 Å². The molecule has 0 saturated carbocycles. The summed E-state index contributed by atoms with van der Waals surface area (Å²) >= 11 is 3.15. The van der Waals surface area contributed by atoms with Crippen LogP contribution in [0.15, 0.2) is 30.3 Å². The van der Waals surface area contributed by atoms with Crippen molar-refractivity contribution in [2.45, 2.75) is 0 Å². The number of ether oxygens (including phenoxy) is 1. The number of benzene rings is 1. The van der Waals surface area contributed by atoms with Crippen LogP contribution in [0.3, 0.4) is 0 Å². The van der Waals surface area contributed by atoms with Gasteiger partial charge in [0.2, 0.25) is 0 Å². The molecule has 5 nitrogen and oxygen atoms in total. The van der Waals surface area contributed by atoms with Crippen molar-refractivity contribution in [3.8, 4) is 15.6 Å². The number of methoxy groups -OCH3 is 1. The van der Waals surface area contributed by atoms with Crippen LogP contribution in [0.25, 0.3) is 20.1 Å². The fraction of sp³-hybridized carbons (Fsp3) is 0.333. The van der Waals surface area contributed by atoms with Crippen molar-refractivity contribution >= 4 is 38.8 Å². The number of carbonyl (C=O) groups is 1. The van der Waals surface area contributed by atoms with Crippen LogP contribution in [0.2, 0.25) is 0 Å². The second-order valence-electron chi connectivity index (χ2n) is 6.11. The topological polar surface area (TPSA) is 45.7 Å². The number of thiophene rings is 1. The Morgan fingerprint density at radius 2 is 1.92 bits per heavy atom. The van der Waals surface area contributed by atoms with Gasteiger partial charge in [-0.3, -0.25) is 4.79 Å². The van der Waals surface area contributed by atoms with Crippen LogP contribution in [-0.2, 0) is 0 Å². The van der Waals surface area contributed by atoms with Gasteiger partial charge in [-0.1, -0.05) is 0 Å². The van der Waals surface area contributed by atoms with Gasteiger partial charge in [-0.15, -0.1) is 22.7 Å². The molecule has 0 atom stereocenters. The average Bonchev–Trinajstić information content (AvgIpc) is 3.27. The predicted octanol–water partition coefficient (Wildman–Crippen LogP) is 3.42. The second kappa shape index (κ2) is 6.74. The minimum absolute atomic E-state index is 0.132. The average molecular weight is 374 g/mol. The zero-order valence-corrected chi connectivity index (χ0v) is 15.8. The lowest BCUT2D eigenvalue weighted by molar-refractivity contribution is 0.0669. The van der Waals surface area contributed by atoms with Crippen molar-refractivity contribution in [2.24, 2.45) is 0 Å². The van der Waals surface area contributed by atoms with E-state index in [-0.39, 0.29) is 5.91 Å². The van der Waals surface area contributed by atoms with Crippen molar-refractivity contribution in [1.82, 2.24) is 14.8 Å². The minimum Gasteiger partial charge on any atom is -0.497 e. The first-order chi connectivity index (χ1) is 12.1. The maximum Gasteiger partial charge on any atom is 0.264 e. The molecule has 1 aromatic carbocycles. The molecule has 3 aromatic rings. The number of carbonyl (C=O) groups excluding carboxylic acids is 1. The van der Waals surface area contributed by atoms with E-state index in [0.29, 0.717) is 0 Å². The molecule has 1 aliphatic rings. The van der Waals surface area contributed by atoms with Crippen LogP contribution < -0.4 is 4.74 Å². The molecular weight excluding hydrogens is 354 g/mol. The maximum atomic E-state index is 12.7. The Labute approximate surface area is 154 Å². The van der Waals surface area contributed by atoms with Crippen LogP contribution in [0.1, 0.15) is 9.67 Å². The first kappa shape index (κ1) is 16.5. The summed E-state index contributed by atoms with van der Waals surface area (Å²) < 4.78 is 6.37. The molecule has 25 heavy (non-hydrogen) atoms. The van der Waals surface area contributed by atoms with Gasteiger partial charge in [0.1, 0.15) is 10.8 Å². The first-order valence-corrected chi connectivity index (χ1v) is 9.80. The number of hydrogen-bond donors (Lipinski definition) is 0. The number of aromatic nitrogens is 1. The third-order valence-corrected chi connectivity index (χ3v) is 6.67. The van der Waals surface area contributed by atoms with Crippen molar-refractivity contribution in [3.05, 3.63) is 35.2 Å². The van der Waals surface area contributed by atoms with Crippen molar-refractivity contribution in [1.29, 1.82) is 0 Å². The molecule has 7 heteroatoms. The Morgan fingerprint density at radius 3 is 2.68 bits per heavy atom. The summed E-state index contributed by atoms with van der Waals surface area (Å²) in [6.07, 6.45) is 0. The summed E-state index contributed by atoms with van der Waals surface area (Å²) in [4.78, 5) is 23.4. The van der Waals surface area contributed by atoms with E-state index >= 15 is 0 Å². The van der Waals surface area contributed by atoms with Gasteiger partial charge in [0.25, 0.3) is 5.91 Å². The van der Waals surface area contributed by atoms with Crippen molar-refractivity contribution in [3.63, 3.8) is 0 Å². The molecule has 0 unspecified atom stereocenters. The Bertz CT molecular complexity index is 910. The van der Waals surface area contributed by atoms with E-state index in [2.05, 4.69) is 11.9 Å². The van der Waals surface area contributed by atoms with Gasteiger partial charge in [0.15, 0.2) is 0 Å². The Morgan fingerprint density at radius 1 is 1.12 bits per heavy atom. The Hall–Kier alpha value is -1.96. The van der Waals surface area contributed by atoms with Gasteiger partial charge < -0.3 is 14.5 Å². The van der Waals surface area contributed by atoms with Crippen LogP contribution in [0.4, 0.5) is 0 Å². The van der Waals surface area contributed by atoms with Crippen LogP contribution in [-0.4, -0.2) is 61.0 Å². The fourth-order valence-corrected chi connectivity index (χ4v) is 4.89. The lowest BCUT2D eigenvalue weighted by Gasteiger charge is -2.32. The molecule has 0 bridgehead atoms. The third kappa shape index (κ3) is 3.27. The summed E-state index contributed by atoms with van der Waals surface area (Å²) in [5, 5.41) is 0.950. The van der Waals surface area contributed by atoms with Gasteiger partial charge in [0.05, 0.1) is 27.1 Å². The Kier molecular flexibility index (Phi) is 4.45. The number of nitrogens with zero attached hydrogens (tertiary/aromatic N) is 3. The molecule has 0 aliphatic carbocycles. The number of likely N-dealkylation sites (N-methyl/N-ethyl adjacent to an activating group) is 1. The summed E-state index contributed by atoms with van der Waals surface area (Å²) in [6.45, 7) is 3.46. The van der Waals surface area contributed by atoms with Crippen molar-refractivity contribution < 1.29 is 9.53 Å². The van der Waals surface area contributed by atoms with Crippen LogP contribution >= 0.6 is 22.7 Å². The molecule has 3 heterocycles. The van der Waals surface area contributed by atoms with E-state index in [1.807, 2.05) is 35.2 Å². The van der Waals surface area contributed by atoms with Crippen molar-refractivity contribution in [2.75, 3.05) is 40.3 Å². The molecule has 4 rings (SSSR count). The zero-order chi connectivity index (χ0) is 17.4. The van der Waals surface area contributed by atoms with Gasteiger partial charge in [-0.05, 0) is 37.4 Å². The highest BCUT2D eigenvalue weighted by atomic mass is 32.1. The molecule has 1 amide bonds. The summed E-state index contributed by atoms with van der Waals surface area (Å²) in [6, 6.07) is 9.82. The minimum atomic E-state index is 0.132. The number of piperazine rings is 1. The summed E-state index contributed by atoms with van der Waals surface area (Å²) in [7, 11) is 3.76. The SMILES string of the molecule is COc1ccc2nc(-c3ccc(C(=O)N4CCN(C)CC4)s3)sc2c1. The first-order valence-electron chi connectivity index (χ1n) is 8.16. The summed E-state index contributed by atoms with van der Waals surface area (Å²) in [5.74, 6) is 0.965. The number of amides is 1. The van der Waals surface area contributed by atoms with Gasteiger partial charge in [-0.25, -0.2) is 4.98 Å². The van der Waals surface area contributed by atoms with E-state index in [4.69, 9.17) is 9.72 Å². The van der Waals surface area contributed by atoms with E-state index in [1.165, 1.54) is 11.3 Å². The molecule has 0 N–H and O–H groups in total. The van der Waals surface area contributed by atoms with E-state index in [1.54, 1.807) is 18.4 Å². The van der Waals surface area contributed by atoms with E-state index in [0.717, 1.165) is 56.9 Å². The lowest BCUT2D eigenvalue weighted by atomic mass is 10.3. The van der Waals surface area contributed by atoms with Gasteiger partial charge in [0, 0.05) is 26.2 Å². The third-order valence-electron chi connectivity index (χ3n) is 4.41. The molecule has 1 saturated heterocycles. The highest BCUT2D eigenvalue weighted by Crippen LogP contribution is 2.36. The molecular formula is C18H19N3O2S2. The monoisotopic (exact) mass is 373 g/mol. The van der Waals surface area contributed by atoms with Crippen LogP contribution in [0, 0.1) is 0 Å². The van der Waals surface area contributed by atoms with E-state index < -0.39 is 0 Å². The molecule has 130 valence electrons. The standard InChI is InChI=1S/C18H19N3O2S2/c1-20-7-9-21(10-8-20)18(22)15-6-5-14(24-15)17-19-13-4-3-12(23-2)11-16(13)25-17/h3-6,11H,7-10H2,1-2H3. The number of hydrogen-bond acceptors (Lipinski definition) is 6. The second-order valence-corrected chi connectivity index (χ2v) is 8.23. The highest BCUT2D eigenvalue weighted by Gasteiger charge is 2.22. The Balaban J connectivity index is 1.57. The highest BCUT2D eigenvalue weighted by molar-refractivity contribution is 7.26. The smallest absolute Gasteiger partial charge is 0.264 e. The van der Waals surface area contributed by atoms with E-state index in [9.17, 15) is 4.79 Å². The summed E-state index contributed by atoms with van der Waals surface area (Å²) in [5.41, 5.74) is 0.959. The fourth-order valence-electron chi connectivity index (χ4n) is 2.87. The normalized spacial score (nSPS) is 15.7. The molecule has 1 fully saturated rings. The molecule has 2 aromatic heterocycles. The number of fused-ring (bicyclic) bond motifs is 1. The number of rotatable bonds is 3.